The predicted octanol–water partition coefficient (Wildman–Crippen LogP) is 3.66. The minimum absolute atomic E-state index is 0.290. The van der Waals surface area contributed by atoms with E-state index in [1.54, 1.807) is 25.3 Å². The maximum atomic E-state index is 11.3. The molecule has 5 heteroatoms. The Kier molecular flexibility index (Phi) is 3.69. The van der Waals surface area contributed by atoms with Gasteiger partial charge in [0, 0.05) is 10.9 Å². The van der Waals surface area contributed by atoms with Crippen LogP contribution in [-0.2, 0) is 0 Å². The van der Waals surface area contributed by atoms with Crippen molar-refractivity contribution in [1.82, 2.24) is 4.98 Å². The second-order valence-electron chi connectivity index (χ2n) is 4.80. The number of primary amides is 1. The monoisotopic (exact) mass is 312 g/mol. The van der Waals surface area contributed by atoms with Gasteiger partial charge in [0.1, 0.15) is 0 Å². The number of carbonyl (C=O) groups excluding carboxylic acids is 1. The molecule has 3 rings (SSSR count). The number of amides is 1. The number of hydrogen-bond acceptors (Lipinski definition) is 3. The fraction of sp³-hybridized carbons (Fsp3) is 0.0588. The molecule has 1 aromatic heterocycles. The van der Waals surface area contributed by atoms with Gasteiger partial charge in [0.2, 0.25) is 11.8 Å². The summed E-state index contributed by atoms with van der Waals surface area (Å²) in [4.78, 5) is 15.8. The molecule has 0 aliphatic heterocycles. The zero-order valence-corrected chi connectivity index (χ0v) is 12.6. The summed E-state index contributed by atoms with van der Waals surface area (Å²) in [5.74, 6) is -0.0539. The lowest BCUT2D eigenvalue weighted by Crippen LogP contribution is -2.11. The normalized spacial score (nSPS) is 10.6. The van der Waals surface area contributed by atoms with E-state index in [0.29, 0.717) is 10.9 Å². The van der Waals surface area contributed by atoms with Gasteiger partial charge in [0.05, 0.1) is 23.2 Å². The van der Waals surface area contributed by atoms with Crippen molar-refractivity contribution in [2.75, 3.05) is 7.11 Å². The maximum absolute atomic E-state index is 11.3. The molecule has 0 fully saturated rings. The second kappa shape index (κ2) is 5.66. The number of methoxy groups -OCH3 is 1. The van der Waals surface area contributed by atoms with Crippen LogP contribution in [0.15, 0.2) is 48.5 Å². The summed E-state index contributed by atoms with van der Waals surface area (Å²) in [5, 5.41) is 1.30. The number of aromatic nitrogens is 1. The van der Waals surface area contributed by atoms with Crippen molar-refractivity contribution in [3.05, 3.63) is 59.1 Å². The number of fused-ring (bicyclic) bond motifs is 1. The molecule has 0 aliphatic rings. The number of nitrogens with two attached hydrogens (primary N) is 1. The van der Waals surface area contributed by atoms with Crippen LogP contribution in [0, 0.1) is 0 Å². The third-order valence-corrected chi connectivity index (χ3v) is 3.74. The molecule has 22 heavy (non-hydrogen) atoms. The zero-order valence-electron chi connectivity index (χ0n) is 11.8. The molecule has 4 nitrogen and oxygen atoms in total. The maximum Gasteiger partial charge on any atom is 0.250 e. The average Bonchev–Trinajstić information content (AvgIpc) is 2.53. The van der Waals surface area contributed by atoms with Crippen LogP contribution in [0.1, 0.15) is 10.4 Å². The van der Waals surface area contributed by atoms with Crippen molar-refractivity contribution in [3.63, 3.8) is 0 Å². The van der Waals surface area contributed by atoms with Gasteiger partial charge < -0.3 is 10.5 Å². The smallest absolute Gasteiger partial charge is 0.250 e. The third-order valence-electron chi connectivity index (χ3n) is 3.43. The van der Waals surface area contributed by atoms with Gasteiger partial charge in [-0.25, -0.2) is 4.98 Å². The number of benzene rings is 2. The average molecular weight is 313 g/mol. The molecule has 0 saturated heterocycles. The van der Waals surface area contributed by atoms with E-state index in [9.17, 15) is 4.79 Å². The fourth-order valence-corrected chi connectivity index (χ4v) is 2.62. The molecule has 0 atom stereocenters. The summed E-state index contributed by atoms with van der Waals surface area (Å²) in [5.41, 5.74) is 8.03. The summed E-state index contributed by atoms with van der Waals surface area (Å²) in [6, 6.07) is 14.8. The SMILES string of the molecule is COc1nc2ccccc2cc1-c1ccc(C(N)=O)c(Cl)c1. The molecule has 1 heterocycles. The van der Waals surface area contributed by atoms with E-state index >= 15 is 0 Å². The van der Waals surface area contributed by atoms with E-state index in [1.165, 1.54) is 0 Å². The van der Waals surface area contributed by atoms with Crippen LogP contribution in [0.4, 0.5) is 0 Å². The fourth-order valence-electron chi connectivity index (χ4n) is 2.34. The first-order valence-electron chi connectivity index (χ1n) is 6.63. The Morgan fingerprint density at radius 2 is 1.95 bits per heavy atom. The largest absolute Gasteiger partial charge is 0.481 e. The molecule has 110 valence electrons. The highest BCUT2D eigenvalue weighted by molar-refractivity contribution is 6.34. The van der Waals surface area contributed by atoms with E-state index < -0.39 is 5.91 Å². The van der Waals surface area contributed by atoms with E-state index in [-0.39, 0.29) is 5.56 Å². The van der Waals surface area contributed by atoms with Crippen LogP contribution in [0.3, 0.4) is 0 Å². The van der Waals surface area contributed by atoms with Gasteiger partial charge in [-0.1, -0.05) is 35.9 Å². The summed E-state index contributed by atoms with van der Waals surface area (Å²) < 4.78 is 5.38. The first-order valence-corrected chi connectivity index (χ1v) is 7.01. The third kappa shape index (κ3) is 2.49. The zero-order chi connectivity index (χ0) is 15.7. The highest BCUT2D eigenvalue weighted by atomic mass is 35.5. The number of hydrogen-bond donors (Lipinski definition) is 1. The minimum atomic E-state index is -0.555. The Balaban J connectivity index is 2.20. The Morgan fingerprint density at radius 1 is 1.18 bits per heavy atom. The number of rotatable bonds is 3. The summed E-state index contributed by atoms with van der Waals surface area (Å²) in [6.07, 6.45) is 0. The Hall–Kier alpha value is -2.59. The first-order chi connectivity index (χ1) is 10.6. The van der Waals surface area contributed by atoms with Crippen molar-refractivity contribution in [3.8, 4) is 17.0 Å². The molecule has 3 aromatic rings. The quantitative estimate of drug-likeness (QED) is 0.802. The second-order valence-corrected chi connectivity index (χ2v) is 5.20. The summed E-state index contributed by atoms with van der Waals surface area (Å²) >= 11 is 6.13. The Labute approximate surface area is 132 Å². The molecule has 0 radical (unpaired) electrons. The molecule has 2 aromatic carbocycles. The number of nitrogens with zero attached hydrogens (tertiary/aromatic N) is 1. The molecule has 0 aliphatic carbocycles. The van der Waals surface area contributed by atoms with Crippen LogP contribution in [0.25, 0.3) is 22.0 Å². The van der Waals surface area contributed by atoms with E-state index in [2.05, 4.69) is 4.98 Å². The number of pyridine rings is 1. The Bertz CT molecular complexity index is 878. The van der Waals surface area contributed by atoms with Gasteiger partial charge in [0.15, 0.2) is 0 Å². The number of halogens is 1. The van der Waals surface area contributed by atoms with Crippen molar-refractivity contribution in [1.29, 1.82) is 0 Å². The molecular weight excluding hydrogens is 300 g/mol. The minimum Gasteiger partial charge on any atom is -0.481 e. The van der Waals surface area contributed by atoms with E-state index in [0.717, 1.165) is 22.0 Å². The Morgan fingerprint density at radius 3 is 2.64 bits per heavy atom. The molecule has 0 unspecified atom stereocenters. The lowest BCUT2D eigenvalue weighted by molar-refractivity contribution is 0.100. The van der Waals surface area contributed by atoms with Gasteiger partial charge in [-0.15, -0.1) is 0 Å². The van der Waals surface area contributed by atoms with Gasteiger partial charge >= 0.3 is 0 Å². The number of ether oxygens (including phenoxy) is 1. The highest BCUT2D eigenvalue weighted by Crippen LogP contribution is 2.33. The molecule has 0 bridgehead atoms. The van der Waals surface area contributed by atoms with Crippen LogP contribution in [-0.4, -0.2) is 18.0 Å². The van der Waals surface area contributed by atoms with Gasteiger partial charge in [-0.05, 0) is 29.8 Å². The van der Waals surface area contributed by atoms with E-state index in [4.69, 9.17) is 22.1 Å². The van der Waals surface area contributed by atoms with Crippen LogP contribution in [0.5, 0.6) is 5.88 Å². The van der Waals surface area contributed by atoms with Crippen molar-refractivity contribution >= 4 is 28.4 Å². The van der Waals surface area contributed by atoms with Crippen molar-refractivity contribution in [2.45, 2.75) is 0 Å². The lowest BCUT2D eigenvalue weighted by Gasteiger charge is -2.11. The van der Waals surface area contributed by atoms with E-state index in [1.807, 2.05) is 30.3 Å². The number of carbonyl (C=O) groups is 1. The van der Waals surface area contributed by atoms with Crippen molar-refractivity contribution < 1.29 is 9.53 Å². The lowest BCUT2D eigenvalue weighted by atomic mass is 10.0. The molecular formula is C17H13ClN2O2. The van der Waals surface area contributed by atoms with Gasteiger partial charge in [-0.2, -0.15) is 0 Å². The topological polar surface area (TPSA) is 65.2 Å². The standard InChI is InChI=1S/C17H13ClN2O2/c1-22-17-13(8-11-4-2-3-5-15(11)20-17)10-6-7-12(16(19)21)14(18)9-10/h2-9H,1H3,(H2,19,21). The first kappa shape index (κ1) is 14.4. The summed E-state index contributed by atoms with van der Waals surface area (Å²) in [6.45, 7) is 0. The molecule has 1 amide bonds. The molecule has 0 saturated carbocycles. The van der Waals surface area contributed by atoms with Crippen molar-refractivity contribution in [2.24, 2.45) is 5.73 Å². The van der Waals surface area contributed by atoms with Gasteiger partial charge in [-0.3, -0.25) is 4.79 Å². The predicted molar refractivity (Wildman–Crippen MR) is 87.3 cm³/mol. The molecule has 2 N–H and O–H groups in total. The number of para-hydroxylation sites is 1. The summed E-state index contributed by atoms with van der Waals surface area (Å²) in [7, 11) is 1.57. The highest BCUT2D eigenvalue weighted by Gasteiger charge is 2.13. The van der Waals surface area contributed by atoms with Gasteiger partial charge in [0.25, 0.3) is 0 Å². The van der Waals surface area contributed by atoms with Crippen LogP contribution in [0.2, 0.25) is 5.02 Å². The van der Waals surface area contributed by atoms with Crippen LogP contribution < -0.4 is 10.5 Å². The molecule has 0 spiro atoms. The van der Waals surface area contributed by atoms with Crippen LogP contribution >= 0.6 is 11.6 Å².